The molecular formula is C21H24N3O2S2+. The minimum Gasteiger partial charge on any atom is -0.493 e. The van der Waals surface area contributed by atoms with Crippen molar-refractivity contribution in [3.05, 3.63) is 49.2 Å². The fraction of sp³-hybridized carbons (Fsp3) is 0.381. The van der Waals surface area contributed by atoms with E-state index < -0.39 is 0 Å². The summed E-state index contributed by atoms with van der Waals surface area (Å²) in [4.78, 5) is 5.71. The van der Waals surface area contributed by atoms with Gasteiger partial charge in [-0.15, -0.1) is 11.3 Å². The molecule has 1 saturated heterocycles. The van der Waals surface area contributed by atoms with Crippen molar-refractivity contribution in [3.8, 4) is 5.88 Å². The highest BCUT2D eigenvalue weighted by Crippen LogP contribution is 2.30. The van der Waals surface area contributed by atoms with Gasteiger partial charge in [0.1, 0.15) is 13.1 Å². The number of benzene rings is 1. The highest BCUT2D eigenvalue weighted by Gasteiger charge is 2.24. The molecule has 0 amide bonds. The van der Waals surface area contributed by atoms with Gasteiger partial charge in [-0.25, -0.2) is 0 Å². The highest BCUT2D eigenvalue weighted by molar-refractivity contribution is 7.73. The fourth-order valence-corrected chi connectivity index (χ4v) is 4.71. The highest BCUT2D eigenvalue weighted by atomic mass is 32.1. The Morgan fingerprint density at radius 3 is 2.82 bits per heavy atom. The number of fused-ring (bicyclic) bond motifs is 1. The smallest absolute Gasteiger partial charge is 0.326 e. The second-order valence-electron chi connectivity index (χ2n) is 7.40. The number of amidine groups is 1. The van der Waals surface area contributed by atoms with E-state index >= 15 is 0 Å². The molecule has 1 aromatic heterocycles. The molecule has 2 aliphatic rings. The van der Waals surface area contributed by atoms with Crippen molar-refractivity contribution in [1.82, 2.24) is 4.57 Å². The zero-order valence-corrected chi connectivity index (χ0v) is 17.7. The second kappa shape index (κ2) is 8.11. The van der Waals surface area contributed by atoms with Crippen LogP contribution in [0.5, 0.6) is 5.88 Å². The molecule has 28 heavy (non-hydrogen) atoms. The van der Waals surface area contributed by atoms with E-state index in [0.29, 0.717) is 29.6 Å². The second-order valence-corrected chi connectivity index (χ2v) is 9.07. The maximum atomic E-state index is 10.8. The lowest BCUT2D eigenvalue weighted by atomic mass is 10.1. The van der Waals surface area contributed by atoms with E-state index in [0.717, 1.165) is 40.0 Å². The van der Waals surface area contributed by atoms with E-state index in [2.05, 4.69) is 30.6 Å². The lowest BCUT2D eigenvalue weighted by Crippen LogP contribution is -2.38. The number of para-hydroxylation sites is 1. The predicted octanol–water partition coefficient (Wildman–Crippen LogP) is 2.58. The first-order valence-corrected chi connectivity index (χ1v) is 10.7. The minimum atomic E-state index is 0.241. The van der Waals surface area contributed by atoms with Crippen molar-refractivity contribution < 1.29 is 14.4 Å². The van der Waals surface area contributed by atoms with Crippen LogP contribution in [0.2, 0.25) is 0 Å². The van der Waals surface area contributed by atoms with Gasteiger partial charge in [-0.2, -0.15) is 0 Å². The molecule has 3 heterocycles. The third-order valence-electron chi connectivity index (χ3n) is 4.77. The van der Waals surface area contributed by atoms with Gasteiger partial charge in [0.25, 0.3) is 0 Å². The van der Waals surface area contributed by atoms with Gasteiger partial charge in [0.15, 0.2) is 9.31 Å². The molecule has 7 heteroatoms. The average molecular weight is 415 g/mol. The van der Waals surface area contributed by atoms with Crippen LogP contribution in [0, 0.1) is 9.87 Å². The van der Waals surface area contributed by atoms with Crippen molar-refractivity contribution in [1.29, 1.82) is 0 Å². The molecule has 1 fully saturated rings. The van der Waals surface area contributed by atoms with Gasteiger partial charge in [-0.3, -0.25) is 9.14 Å². The third-order valence-corrected chi connectivity index (χ3v) is 6.16. The molecule has 0 atom stereocenters. The summed E-state index contributed by atoms with van der Waals surface area (Å²) in [6.07, 6.45) is 4.15. The van der Waals surface area contributed by atoms with Crippen LogP contribution in [-0.2, 0) is 11.3 Å². The molecule has 2 aromatic rings. The van der Waals surface area contributed by atoms with Crippen LogP contribution in [0.4, 0.5) is 0 Å². The Morgan fingerprint density at radius 2 is 2.07 bits per heavy atom. The van der Waals surface area contributed by atoms with Gasteiger partial charge in [0.2, 0.25) is 5.88 Å². The monoisotopic (exact) mass is 414 g/mol. The molecule has 0 bridgehead atoms. The molecule has 0 unspecified atom stereocenters. The Labute approximate surface area is 173 Å². The lowest BCUT2D eigenvalue weighted by Gasteiger charge is -2.16. The summed E-state index contributed by atoms with van der Waals surface area (Å²) < 4.78 is 10.3. The van der Waals surface area contributed by atoms with Crippen LogP contribution in [0.15, 0.2) is 34.8 Å². The number of hydrogen-bond acceptors (Lipinski definition) is 4. The maximum absolute atomic E-state index is 10.8. The molecule has 0 aliphatic carbocycles. The Morgan fingerprint density at radius 1 is 1.32 bits per heavy atom. The van der Waals surface area contributed by atoms with Gasteiger partial charge in [0, 0.05) is 11.8 Å². The quantitative estimate of drug-likeness (QED) is 0.620. The summed E-state index contributed by atoms with van der Waals surface area (Å²) in [5.41, 5.74) is 0.990. The summed E-state index contributed by atoms with van der Waals surface area (Å²) in [7, 11) is 0. The van der Waals surface area contributed by atoms with Crippen molar-refractivity contribution in [2.75, 3.05) is 26.3 Å². The summed E-state index contributed by atoms with van der Waals surface area (Å²) in [5, 5.41) is 12.8. The number of aromatic hydroxyl groups is 1. The molecule has 0 spiro atoms. The van der Waals surface area contributed by atoms with E-state index in [4.69, 9.17) is 21.9 Å². The van der Waals surface area contributed by atoms with Gasteiger partial charge >= 0.3 is 5.84 Å². The van der Waals surface area contributed by atoms with Crippen LogP contribution >= 0.6 is 23.6 Å². The molecule has 1 aromatic carbocycles. The van der Waals surface area contributed by atoms with Gasteiger partial charge in [-0.1, -0.05) is 32.0 Å². The number of thiazole rings is 1. The Hall–Kier alpha value is -2.09. The van der Waals surface area contributed by atoms with Crippen molar-refractivity contribution in [2.24, 2.45) is 10.9 Å². The van der Waals surface area contributed by atoms with Crippen molar-refractivity contribution in [3.63, 3.8) is 0 Å². The molecule has 146 valence electrons. The van der Waals surface area contributed by atoms with E-state index in [1.807, 2.05) is 28.8 Å². The van der Waals surface area contributed by atoms with E-state index in [1.165, 1.54) is 11.3 Å². The predicted molar refractivity (Wildman–Crippen MR) is 115 cm³/mol. The molecule has 0 saturated carbocycles. The molecule has 2 aliphatic heterocycles. The van der Waals surface area contributed by atoms with Gasteiger partial charge in [-0.05, 0) is 41.3 Å². The van der Waals surface area contributed by atoms with Crippen LogP contribution in [0.3, 0.4) is 0 Å². The number of ether oxygens (including phenoxy) is 1. The first-order valence-electron chi connectivity index (χ1n) is 9.53. The third kappa shape index (κ3) is 3.87. The van der Waals surface area contributed by atoms with E-state index in [-0.39, 0.29) is 5.88 Å². The standard InChI is InChI=1S/C21H23N3O2S2/c1-14(2)13-24-20(25)18(28-21(24)27)12-16-11-15-5-3-4-6-17(15)22-19(16)23-7-9-26-10-8-23/h3-6,11-12,14H,7-10,13H2,1-2H3/p+1. The Bertz CT molecular complexity index is 1130. The fourth-order valence-electron chi connectivity index (χ4n) is 3.43. The largest absolute Gasteiger partial charge is 0.493 e. The molecule has 0 radical (unpaired) electrons. The number of rotatable bonds is 3. The Kier molecular flexibility index (Phi) is 5.57. The number of aromatic nitrogens is 1. The summed E-state index contributed by atoms with van der Waals surface area (Å²) >= 11 is 6.93. The van der Waals surface area contributed by atoms with Gasteiger partial charge < -0.3 is 9.84 Å². The van der Waals surface area contributed by atoms with Crippen LogP contribution in [-0.4, -0.2) is 46.4 Å². The number of nitrogens with zero attached hydrogens (tertiary/aromatic N) is 3. The lowest BCUT2D eigenvalue weighted by molar-refractivity contribution is -0.549. The van der Waals surface area contributed by atoms with Crippen LogP contribution in [0.25, 0.3) is 12.2 Å². The molecule has 1 N–H and O–H groups in total. The zero-order valence-electron chi connectivity index (χ0n) is 16.1. The van der Waals surface area contributed by atoms with Crippen LogP contribution in [0.1, 0.15) is 18.7 Å². The number of hydrogen-bond donors (Lipinski definition) is 1. The number of morpholine rings is 1. The normalized spacial score (nSPS) is 18.2. The van der Waals surface area contributed by atoms with Crippen molar-refractivity contribution >= 4 is 41.5 Å². The minimum absolute atomic E-state index is 0.241. The molecule has 4 rings (SSSR count). The van der Waals surface area contributed by atoms with Crippen molar-refractivity contribution in [2.45, 2.75) is 20.4 Å². The SMILES string of the molecule is CC(C)Cn1c(O)c(/C=C2\C=c3ccccc3=NC2=[N+]2CCOCC2)sc1=S. The average Bonchev–Trinajstić information content (AvgIpc) is 2.95. The first-order chi connectivity index (χ1) is 13.5. The van der Waals surface area contributed by atoms with Crippen LogP contribution < -0.4 is 10.6 Å². The van der Waals surface area contributed by atoms with E-state index in [9.17, 15) is 5.11 Å². The Balaban J connectivity index is 1.87. The van der Waals surface area contributed by atoms with Gasteiger partial charge in [0.05, 0.1) is 23.7 Å². The topological polar surface area (TPSA) is 49.8 Å². The summed E-state index contributed by atoms with van der Waals surface area (Å²) in [5.74, 6) is 1.58. The molecule has 5 nitrogen and oxygen atoms in total. The zero-order chi connectivity index (χ0) is 19.7. The first kappa shape index (κ1) is 19.2. The molecular weight excluding hydrogens is 390 g/mol. The van der Waals surface area contributed by atoms with E-state index in [1.54, 1.807) is 0 Å². The summed E-state index contributed by atoms with van der Waals surface area (Å²) in [6.45, 7) is 7.95. The maximum Gasteiger partial charge on any atom is 0.326 e. The summed E-state index contributed by atoms with van der Waals surface area (Å²) in [6, 6.07) is 8.12.